The number of likely N-dealkylation sites (N-methyl/N-ethyl adjacent to an activating group) is 1. The molecule has 0 radical (unpaired) electrons. The molecule has 0 bridgehead atoms. The van der Waals surface area contributed by atoms with Crippen LogP contribution in [0.1, 0.15) is 36.7 Å². The monoisotopic (exact) mass is 558 g/mol. The first-order chi connectivity index (χ1) is 17.3. The van der Waals surface area contributed by atoms with Gasteiger partial charge in [0.25, 0.3) is 5.91 Å². The number of pyridine rings is 1. The van der Waals surface area contributed by atoms with Crippen molar-refractivity contribution in [2.75, 3.05) is 30.4 Å². The molecule has 0 spiro atoms. The molecular weight excluding hydrogens is 527 g/mol. The molecule has 2 aromatic carbocycles. The van der Waals surface area contributed by atoms with E-state index < -0.39 is 14.2 Å². The Morgan fingerprint density at radius 1 is 1.11 bits per heavy atom. The highest BCUT2D eigenvalue weighted by molar-refractivity contribution is 6.74. The van der Waals surface area contributed by atoms with Crippen molar-refractivity contribution in [1.82, 2.24) is 9.88 Å². The van der Waals surface area contributed by atoms with E-state index in [1.165, 1.54) is 0 Å². The lowest BCUT2D eigenvalue weighted by Gasteiger charge is -2.36. The first-order valence-electron chi connectivity index (χ1n) is 12.1. The summed E-state index contributed by atoms with van der Waals surface area (Å²) >= 11 is 12.5. The Labute approximate surface area is 228 Å². The van der Waals surface area contributed by atoms with Gasteiger partial charge < -0.3 is 14.6 Å². The van der Waals surface area contributed by atoms with Crippen LogP contribution in [0.3, 0.4) is 0 Å². The van der Waals surface area contributed by atoms with Crippen LogP contribution in [0.5, 0.6) is 0 Å². The number of para-hydroxylation sites is 1. The second-order valence-electron chi connectivity index (χ2n) is 10.8. The van der Waals surface area contributed by atoms with E-state index in [0.717, 1.165) is 16.6 Å². The Balaban J connectivity index is 1.79. The van der Waals surface area contributed by atoms with Gasteiger partial charge in [-0.3, -0.25) is 14.7 Å². The first-order valence-corrected chi connectivity index (χ1v) is 15.8. The van der Waals surface area contributed by atoms with E-state index in [4.69, 9.17) is 32.6 Å². The molecule has 0 saturated carbocycles. The minimum Gasteiger partial charge on any atom is -0.412 e. The molecule has 0 atom stereocenters. The van der Waals surface area contributed by atoms with Crippen LogP contribution < -0.4 is 10.2 Å². The van der Waals surface area contributed by atoms with Crippen molar-refractivity contribution < 1.29 is 14.0 Å². The summed E-state index contributed by atoms with van der Waals surface area (Å²) in [6.07, 6.45) is 1.74. The number of halogens is 2. The number of nitrogens with one attached hydrogen (secondary N) is 1. The average molecular weight is 560 g/mol. The van der Waals surface area contributed by atoms with E-state index in [9.17, 15) is 9.59 Å². The van der Waals surface area contributed by atoms with Gasteiger partial charge in [-0.2, -0.15) is 0 Å². The molecule has 1 fully saturated rings. The summed E-state index contributed by atoms with van der Waals surface area (Å²) in [4.78, 5) is 34.4. The lowest BCUT2D eigenvalue weighted by atomic mass is 10.1. The Hall–Kier alpha value is -2.65. The molecular formula is C27H32Cl2N4O3Si. The molecule has 1 aromatic heterocycles. The number of aromatic nitrogens is 1. The van der Waals surface area contributed by atoms with Gasteiger partial charge in [0.05, 0.1) is 39.1 Å². The number of anilines is 2. The molecule has 4 rings (SSSR count). The number of benzene rings is 2. The Morgan fingerprint density at radius 2 is 1.76 bits per heavy atom. The van der Waals surface area contributed by atoms with Crippen LogP contribution in [0, 0.1) is 0 Å². The standard InChI is InChI=1S/C27H32Cl2N4O3Si/c1-27(2,3)37(5,6)36-16-17-15-30-23-18(24(17)33-14-13-32(4)26(33)35)9-7-12-21(23)31-25(34)22-19(28)10-8-11-20(22)29/h7-12,15H,13-14,16H2,1-6H3,(H,31,34). The molecule has 1 saturated heterocycles. The lowest BCUT2D eigenvalue weighted by molar-refractivity contribution is 0.102. The summed E-state index contributed by atoms with van der Waals surface area (Å²) in [6, 6.07) is 10.4. The fourth-order valence-electron chi connectivity index (χ4n) is 4.00. The Bertz CT molecular complexity index is 1350. The SMILES string of the molecule is CN1CCN(c2c(CO[Si](C)(C)C(C)(C)C)cnc3c(NC(=O)c4c(Cl)cccc4Cl)cccc23)C1=O. The summed E-state index contributed by atoms with van der Waals surface area (Å²) in [7, 11) is -0.265. The summed E-state index contributed by atoms with van der Waals surface area (Å²) in [5, 5.41) is 4.22. The van der Waals surface area contributed by atoms with E-state index in [2.05, 4.69) is 39.2 Å². The number of hydrogen-bond acceptors (Lipinski definition) is 4. The molecule has 0 aliphatic carbocycles. The third-order valence-electron chi connectivity index (χ3n) is 7.26. The smallest absolute Gasteiger partial charge is 0.324 e. The predicted molar refractivity (Wildman–Crippen MR) is 154 cm³/mol. The van der Waals surface area contributed by atoms with Crippen molar-refractivity contribution in [2.24, 2.45) is 0 Å². The molecule has 37 heavy (non-hydrogen) atoms. The van der Waals surface area contributed by atoms with Crippen molar-refractivity contribution in [3.8, 4) is 0 Å². The minimum atomic E-state index is -2.05. The van der Waals surface area contributed by atoms with Gasteiger partial charge in [0, 0.05) is 37.3 Å². The van der Waals surface area contributed by atoms with Crippen LogP contribution in [0.15, 0.2) is 42.6 Å². The summed E-state index contributed by atoms with van der Waals surface area (Å²) in [6.45, 7) is 12.5. The number of rotatable bonds is 6. The zero-order valence-electron chi connectivity index (χ0n) is 22.0. The molecule has 3 aromatic rings. The van der Waals surface area contributed by atoms with Crippen molar-refractivity contribution in [3.05, 3.63) is 63.8 Å². The van der Waals surface area contributed by atoms with Crippen LogP contribution in [-0.2, 0) is 11.0 Å². The average Bonchev–Trinajstić information content (AvgIpc) is 3.14. The molecule has 7 nitrogen and oxygen atoms in total. The third-order valence-corrected chi connectivity index (χ3v) is 12.4. The number of fused-ring (bicyclic) bond motifs is 1. The predicted octanol–water partition coefficient (Wildman–Crippen LogP) is 7.19. The van der Waals surface area contributed by atoms with E-state index in [1.807, 2.05) is 12.1 Å². The highest BCUT2D eigenvalue weighted by Crippen LogP contribution is 2.40. The van der Waals surface area contributed by atoms with Gasteiger partial charge in [-0.1, -0.05) is 62.2 Å². The highest BCUT2D eigenvalue weighted by atomic mass is 35.5. The molecule has 10 heteroatoms. The van der Waals surface area contributed by atoms with Crippen LogP contribution in [0.4, 0.5) is 16.2 Å². The number of hydrogen-bond donors (Lipinski definition) is 1. The molecule has 1 aliphatic heterocycles. The second-order valence-corrected chi connectivity index (χ2v) is 16.4. The Kier molecular flexibility index (Phi) is 7.59. The summed E-state index contributed by atoms with van der Waals surface area (Å²) in [5.74, 6) is -0.436. The molecule has 196 valence electrons. The van der Waals surface area contributed by atoms with Crippen LogP contribution in [0.25, 0.3) is 10.9 Å². The third kappa shape index (κ3) is 5.34. The number of carbonyl (C=O) groups is 2. The number of nitrogens with zero attached hydrogens (tertiary/aromatic N) is 3. The molecule has 1 N–H and O–H groups in total. The van der Waals surface area contributed by atoms with Crippen LogP contribution in [-0.4, -0.2) is 50.3 Å². The maximum atomic E-state index is 13.1. The number of carbonyl (C=O) groups excluding carboxylic acids is 2. The summed E-state index contributed by atoms with van der Waals surface area (Å²) in [5.41, 5.74) is 2.84. The van der Waals surface area contributed by atoms with Crippen molar-refractivity contribution in [3.63, 3.8) is 0 Å². The van der Waals surface area contributed by atoms with Crippen molar-refractivity contribution >= 4 is 65.7 Å². The van der Waals surface area contributed by atoms with Gasteiger partial charge in [-0.05, 0) is 36.3 Å². The van der Waals surface area contributed by atoms with Gasteiger partial charge >= 0.3 is 6.03 Å². The quantitative estimate of drug-likeness (QED) is 0.325. The second kappa shape index (κ2) is 10.2. The topological polar surface area (TPSA) is 74.8 Å². The van der Waals surface area contributed by atoms with E-state index in [-0.39, 0.29) is 26.7 Å². The van der Waals surface area contributed by atoms with E-state index in [0.29, 0.717) is 30.9 Å². The molecule has 3 amide bonds. The largest absolute Gasteiger partial charge is 0.412 e. The zero-order valence-corrected chi connectivity index (χ0v) is 24.5. The molecule has 0 unspecified atom stereocenters. The Morgan fingerprint density at radius 3 is 2.35 bits per heavy atom. The van der Waals surface area contributed by atoms with Gasteiger partial charge in [0.15, 0.2) is 8.32 Å². The van der Waals surface area contributed by atoms with Crippen molar-refractivity contribution in [1.29, 1.82) is 0 Å². The van der Waals surface area contributed by atoms with Crippen LogP contribution in [0.2, 0.25) is 28.2 Å². The number of urea groups is 1. The fourth-order valence-corrected chi connectivity index (χ4v) is 5.52. The van der Waals surface area contributed by atoms with Crippen molar-refractivity contribution in [2.45, 2.75) is 45.5 Å². The van der Waals surface area contributed by atoms with Gasteiger partial charge in [0.2, 0.25) is 0 Å². The maximum absolute atomic E-state index is 13.1. The first kappa shape index (κ1) is 27.4. The molecule has 1 aliphatic rings. The minimum absolute atomic E-state index is 0.0402. The van der Waals surface area contributed by atoms with Gasteiger partial charge in [-0.15, -0.1) is 0 Å². The van der Waals surface area contributed by atoms with Crippen LogP contribution >= 0.6 is 23.2 Å². The normalized spacial score (nSPS) is 14.5. The van der Waals surface area contributed by atoms with E-state index >= 15 is 0 Å². The summed E-state index contributed by atoms with van der Waals surface area (Å²) < 4.78 is 6.52. The lowest BCUT2D eigenvalue weighted by Crippen LogP contribution is -2.40. The highest BCUT2D eigenvalue weighted by Gasteiger charge is 2.38. The maximum Gasteiger partial charge on any atom is 0.324 e. The van der Waals surface area contributed by atoms with Gasteiger partial charge in [0.1, 0.15) is 0 Å². The van der Waals surface area contributed by atoms with Gasteiger partial charge in [-0.25, -0.2) is 4.79 Å². The fraction of sp³-hybridized carbons (Fsp3) is 0.370. The number of amides is 3. The van der Waals surface area contributed by atoms with E-state index in [1.54, 1.807) is 47.3 Å². The zero-order chi connectivity index (χ0) is 27.1. The molecule has 2 heterocycles.